The van der Waals surface area contributed by atoms with Crippen molar-refractivity contribution >= 4 is 29.3 Å². The minimum atomic E-state index is -4.52. The minimum absolute atomic E-state index is 0.0376. The fourth-order valence-corrected chi connectivity index (χ4v) is 1.64. The van der Waals surface area contributed by atoms with E-state index in [1.54, 1.807) is 0 Å². The summed E-state index contributed by atoms with van der Waals surface area (Å²) in [6.07, 6.45) is -0.524. The largest absolute Gasteiger partial charge is 0.481 e. The normalized spacial score (nSPS) is 11.2. The average Bonchev–Trinajstić information content (AvgIpc) is 2.29. The van der Waals surface area contributed by atoms with Crippen LogP contribution >= 0.6 is 11.8 Å². The zero-order chi connectivity index (χ0) is 15.3. The Balaban J connectivity index is 2.63. The highest BCUT2D eigenvalue weighted by Gasteiger charge is 2.29. The third kappa shape index (κ3) is 5.91. The van der Waals surface area contributed by atoms with Crippen LogP contribution in [0.15, 0.2) is 18.2 Å². The number of anilines is 1. The Morgan fingerprint density at radius 2 is 1.95 bits per heavy atom. The van der Waals surface area contributed by atoms with Crippen molar-refractivity contribution in [1.82, 2.24) is 0 Å². The first-order chi connectivity index (χ1) is 9.17. The van der Waals surface area contributed by atoms with E-state index in [1.165, 1.54) is 6.07 Å². The van der Waals surface area contributed by atoms with Crippen LogP contribution in [0.1, 0.15) is 5.56 Å². The summed E-state index contributed by atoms with van der Waals surface area (Å²) in [5.41, 5.74) is -4.64. The van der Waals surface area contributed by atoms with Crippen LogP contribution in [0, 0.1) is 5.82 Å². The number of aliphatic carboxylic acids is 1. The predicted octanol–water partition coefficient (Wildman–Crippen LogP) is 2.64. The Labute approximate surface area is 115 Å². The number of halogens is 4. The molecule has 0 atom stereocenters. The molecule has 20 heavy (non-hydrogen) atoms. The summed E-state index contributed by atoms with van der Waals surface area (Å²) in [5.74, 6) is -3.85. The van der Waals surface area contributed by atoms with Crippen LogP contribution in [0.2, 0.25) is 0 Å². The first kappa shape index (κ1) is 16.3. The highest BCUT2D eigenvalue weighted by molar-refractivity contribution is 8.00. The maximum absolute atomic E-state index is 13.4. The van der Waals surface area contributed by atoms with E-state index in [2.05, 4.69) is 5.32 Å². The standard InChI is InChI=1S/C11H9F4NO3S/c12-8-4-7(2-1-6(8)3-10(18)19)16-9(17)5-20-11(13,14)15/h1-2,4H,3,5H2,(H,16,17)(H,18,19). The highest BCUT2D eigenvalue weighted by Crippen LogP contribution is 2.30. The second kappa shape index (κ2) is 6.60. The number of carboxylic acid groups (broad SMARTS) is 1. The van der Waals surface area contributed by atoms with Gasteiger partial charge in [0.05, 0.1) is 12.2 Å². The zero-order valence-electron chi connectivity index (χ0n) is 9.83. The summed E-state index contributed by atoms with van der Waals surface area (Å²) in [4.78, 5) is 21.6. The molecule has 110 valence electrons. The maximum atomic E-state index is 13.4. The van der Waals surface area contributed by atoms with Gasteiger partial charge >= 0.3 is 11.5 Å². The summed E-state index contributed by atoms with van der Waals surface area (Å²) < 4.78 is 49.0. The number of amides is 1. The molecule has 0 fully saturated rings. The Morgan fingerprint density at radius 1 is 1.30 bits per heavy atom. The summed E-state index contributed by atoms with van der Waals surface area (Å²) in [7, 11) is 0. The van der Waals surface area contributed by atoms with Gasteiger partial charge in [0.25, 0.3) is 0 Å². The van der Waals surface area contributed by atoms with Gasteiger partial charge in [-0.15, -0.1) is 0 Å². The van der Waals surface area contributed by atoms with E-state index in [1.807, 2.05) is 0 Å². The molecule has 9 heteroatoms. The SMILES string of the molecule is O=C(O)Cc1ccc(NC(=O)CSC(F)(F)F)cc1F. The number of benzene rings is 1. The van der Waals surface area contributed by atoms with Gasteiger partial charge in [-0.1, -0.05) is 6.07 Å². The number of rotatable bonds is 5. The third-order valence-corrected chi connectivity index (χ3v) is 2.78. The zero-order valence-corrected chi connectivity index (χ0v) is 10.6. The van der Waals surface area contributed by atoms with Crippen molar-refractivity contribution < 1.29 is 32.3 Å². The van der Waals surface area contributed by atoms with Gasteiger partial charge in [0.15, 0.2) is 0 Å². The molecule has 2 N–H and O–H groups in total. The van der Waals surface area contributed by atoms with Gasteiger partial charge in [-0.2, -0.15) is 13.2 Å². The first-order valence-corrected chi connectivity index (χ1v) is 6.16. The molecule has 0 aliphatic heterocycles. The van der Waals surface area contributed by atoms with Gasteiger partial charge in [-0.3, -0.25) is 9.59 Å². The summed E-state index contributed by atoms with van der Waals surface area (Å²) >= 11 is -0.507. The number of carbonyl (C=O) groups is 2. The van der Waals surface area contributed by atoms with Crippen molar-refractivity contribution in [3.05, 3.63) is 29.6 Å². The molecule has 0 bridgehead atoms. The summed E-state index contributed by atoms with van der Waals surface area (Å²) in [6, 6.07) is 3.22. The van der Waals surface area contributed by atoms with E-state index >= 15 is 0 Å². The topological polar surface area (TPSA) is 66.4 Å². The van der Waals surface area contributed by atoms with Crippen molar-refractivity contribution in [2.45, 2.75) is 11.9 Å². The van der Waals surface area contributed by atoms with Gasteiger partial charge in [0.2, 0.25) is 5.91 Å². The van der Waals surface area contributed by atoms with Crippen LogP contribution in [-0.2, 0) is 16.0 Å². The lowest BCUT2D eigenvalue weighted by Crippen LogP contribution is -2.17. The quantitative estimate of drug-likeness (QED) is 0.821. The van der Waals surface area contributed by atoms with Crippen molar-refractivity contribution in [3.8, 4) is 0 Å². The fourth-order valence-electron chi connectivity index (χ4n) is 1.28. The highest BCUT2D eigenvalue weighted by atomic mass is 32.2. The monoisotopic (exact) mass is 311 g/mol. The van der Waals surface area contributed by atoms with Gasteiger partial charge in [-0.25, -0.2) is 4.39 Å². The maximum Gasteiger partial charge on any atom is 0.442 e. The molecule has 0 aliphatic carbocycles. The predicted molar refractivity (Wildman–Crippen MR) is 64.9 cm³/mol. The van der Waals surface area contributed by atoms with Crippen LogP contribution in [0.25, 0.3) is 0 Å². The smallest absolute Gasteiger partial charge is 0.442 e. The molecule has 0 saturated carbocycles. The Morgan fingerprint density at radius 3 is 2.45 bits per heavy atom. The number of hydrogen-bond donors (Lipinski definition) is 2. The molecule has 0 unspecified atom stereocenters. The van der Waals surface area contributed by atoms with Crippen molar-refractivity contribution in [2.24, 2.45) is 0 Å². The van der Waals surface area contributed by atoms with Crippen LogP contribution in [0.4, 0.5) is 23.2 Å². The lowest BCUT2D eigenvalue weighted by atomic mass is 10.1. The molecule has 0 radical (unpaired) electrons. The fraction of sp³-hybridized carbons (Fsp3) is 0.273. The second-order valence-electron chi connectivity index (χ2n) is 3.66. The van der Waals surface area contributed by atoms with Crippen molar-refractivity contribution in [3.63, 3.8) is 0 Å². The Bertz CT molecular complexity index is 519. The molecule has 1 aromatic carbocycles. The summed E-state index contributed by atoms with van der Waals surface area (Å²) in [5, 5.41) is 10.6. The van der Waals surface area contributed by atoms with Gasteiger partial charge in [0, 0.05) is 5.69 Å². The van der Waals surface area contributed by atoms with E-state index < -0.39 is 47.1 Å². The first-order valence-electron chi connectivity index (χ1n) is 5.18. The van der Waals surface area contributed by atoms with E-state index in [0.717, 1.165) is 12.1 Å². The van der Waals surface area contributed by atoms with E-state index in [-0.39, 0.29) is 11.3 Å². The second-order valence-corrected chi connectivity index (χ2v) is 4.70. The molecular weight excluding hydrogens is 302 g/mol. The molecule has 0 spiro atoms. The number of nitrogens with one attached hydrogen (secondary N) is 1. The minimum Gasteiger partial charge on any atom is -0.481 e. The van der Waals surface area contributed by atoms with Crippen molar-refractivity contribution in [2.75, 3.05) is 11.1 Å². The van der Waals surface area contributed by atoms with Crippen LogP contribution in [0.3, 0.4) is 0 Å². The van der Waals surface area contributed by atoms with Crippen LogP contribution < -0.4 is 5.32 Å². The number of carbonyl (C=O) groups excluding carboxylic acids is 1. The van der Waals surface area contributed by atoms with Gasteiger partial charge in [-0.05, 0) is 29.5 Å². The van der Waals surface area contributed by atoms with E-state index in [0.29, 0.717) is 0 Å². The average molecular weight is 311 g/mol. The Kier molecular flexibility index (Phi) is 5.37. The van der Waals surface area contributed by atoms with E-state index in [4.69, 9.17) is 5.11 Å². The number of hydrogen-bond acceptors (Lipinski definition) is 3. The van der Waals surface area contributed by atoms with E-state index in [9.17, 15) is 27.2 Å². The molecule has 0 saturated heterocycles. The molecular formula is C11H9F4NO3S. The van der Waals surface area contributed by atoms with Crippen molar-refractivity contribution in [1.29, 1.82) is 0 Å². The molecule has 4 nitrogen and oxygen atoms in total. The van der Waals surface area contributed by atoms with Crippen LogP contribution in [0.5, 0.6) is 0 Å². The number of thioether (sulfide) groups is 1. The molecule has 0 aliphatic rings. The lowest BCUT2D eigenvalue weighted by Gasteiger charge is -2.08. The number of carboxylic acids is 1. The molecule has 1 rings (SSSR count). The lowest BCUT2D eigenvalue weighted by molar-refractivity contribution is -0.136. The third-order valence-electron chi connectivity index (χ3n) is 2.05. The molecule has 1 aromatic rings. The Hall–Kier alpha value is -1.77. The van der Waals surface area contributed by atoms with Gasteiger partial charge < -0.3 is 10.4 Å². The summed E-state index contributed by atoms with van der Waals surface area (Å²) in [6.45, 7) is 0. The van der Waals surface area contributed by atoms with Crippen LogP contribution in [-0.4, -0.2) is 28.2 Å². The molecule has 0 heterocycles. The number of alkyl halides is 3. The molecule has 0 aromatic heterocycles. The van der Waals surface area contributed by atoms with Gasteiger partial charge in [0.1, 0.15) is 5.82 Å². The molecule has 1 amide bonds.